The van der Waals surface area contributed by atoms with Crippen LogP contribution >= 0.6 is 0 Å². The van der Waals surface area contributed by atoms with E-state index in [0.717, 1.165) is 44.5 Å². The molecule has 0 unspecified atom stereocenters. The van der Waals surface area contributed by atoms with Crippen molar-refractivity contribution in [2.24, 2.45) is 0 Å². The lowest BCUT2D eigenvalue weighted by Crippen LogP contribution is -2.25. The number of hydrogen-bond acceptors (Lipinski definition) is 3. The van der Waals surface area contributed by atoms with Gasteiger partial charge in [0.15, 0.2) is 0 Å². The summed E-state index contributed by atoms with van der Waals surface area (Å²) in [5.74, 6) is -0.515. The minimum absolute atomic E-state index is 0.515. The topological polar surface area (TPSA) is 68.4 Å². The maximum Gasteiger partial charge on any atom is 0.267 e. The average molecular weight is 389 g/mol. The quantitative estimate of drug-likeness (QED) is 0.351. The molecule has 4 rings (SSSR count). The summed E-state index contributed by atoms with van der Waals surface area (Å²) in [7, 11) is 0. The molecule has 2 heterocycles. The lowest BCUT2D eigenvalue weighted by atomic mass is 10.0. The van der Waals surface area contributed by atoms with Crippen LogP contribution in [-0.4, -0.2) is 34.1 Å². The molecule has 5 nitrogen and oxygen atoms in total. The van der Waals surface area contributed by atoms with Crippen LogP contribution in [0.25, 0.3) is 17.0 Å². The van der Waals surface area contributed by atoms with Crippen molar-refractivity contribution in [3.8, 4) is 0 Å². The zero-order valence-electron chi connectivity index (χ0n) is 16.7. The molecule has 3 aromatic rings. The van der Waals surface area contributed by atoms with E-state index >= 15 is 0 Å². The first-order valence-corrected chi connectivity index (χ1v) is 10.2. The molecule has 0 aliphatic carbocycles. The fraction of sp³-hybridized carbons (Fsp3) is 0.292. The van der Waals surface area contributed by atoms with Gasteiger partial charge in [-0.3, -0.25) is 14.9 Å². The van der Waals surface area contributed by atoms with Gasteiger partial charge in [-0.25, -0.2) is 5.48 Å². The molecule has 1 amide bonds. The third kappa shape index (κ3) is 4.42. The zero-order chi connectivity index (χ0) is 20.2. The van der Waals surface area contributed by atoms with Crippen molar-refractivity contribution in [1.82, 2.24) is 15.4 Å². The fourth-order valence-electron chi connectivity index (χ4n) is 4.28. The highest BCUT2D eigenvalue weighted by Crippen LogP contribution is 2.24. The third-order valence-electron chi connectivity index (χ3n) is 5.79. The third-order valence-corrected chi connectivity index (χ3v) is 5.79. The van der Waals surface area contributed by atoms with Gasteiger partial charge in [0.25, 0.3) is 5.91 Å². The highest BCUT2D eigenvalue weighted by Gasteiger charge is 2.16. The van der Waals surface area contributed by atoms with Crippen LogP contribution in [0.2, 0.25) is 0 Å². The molecular formula is C24H27N3O2. The number of aromatic amines is 1. The van der Waals surface area contributed by atoms with Crippen LogP contribution in [0.15, 0.2) is 48.5 Å². The van der Waals surface area contributed by atoms with E-state index in [2.05, 4.69) is 53.2 Å². The number of carbonyl (C=O) groups excluding carboxylic acids is 1. The van der Waals surface area contributed by atoms with Crippen LogP contribution in [0.4, 0.5) is 0 Å². The Labute approximate surface area is 171 Å². The highest BCUT2D eigenvalue weighted by molar-refractivity contribution is 5.90. The smallest absolute Gasteiger partial charge is 0.267 e. The first-order valence-electron chi connectivity index (χ1n) is 10.2. The van der Waals surface area contributed by atoms with E-state index in [1.54, 1.807) is 11.6 Å². The molecule has 0 spiro atoms. The Bertz CT molecular complexity index is 1050. The minimum Gasteiger partial charge on any atom is -0.358 e. The summed E-state index contributed by atoms with van der Waals surface area (Å²) in [5.41, 5.74) is 9.22. The minimum atomic E-state index is -0.515. The maximum absolute atomic E-state index is 11.2. The number of amides is 1. The zero-order valence-corrected chi connectivity index (χ0v) is 16.7. The number of rotatable bonds is 5. The second kappa shape index (κ2) is 8.64. The average Bonchev–Trinajstić information content (AvgIpc) is 2.91. The molecule has 29 heavy (non-hydrogen) atoms. The molecule has 150 valence electrons. The van der Waals surface area contributed by atoms with Gasteiger partial charge >= 0.3 is 0 Å². The molecule has 0 atom stereocenters. The molecule has 3 N–H and O–H groups in total. The number of benzene rings is 2. The molecule has 0 bridgehead atoms. The van der Waals surface area contributed by atoms with Crippen LogP contribution in [0.5, 0.6) is 0 Å². The summed E-state index contributed by atoms with van der Waals surface area (Å²) >= 11 is 0. The normalized spacial score (nSPS) is 14.8. The number of para-hydroxylation sites is 1. The number of hydroxylamine groups is 1. The predicted octanol–water partition coefficient (Wildman–Crippen LogP) is 3.99. The number of nitrogens with zero attached hydrogens (tertiary/aromatic N) is 1. The van der Waals surface area contributed by atoms with E-state index in [4.69, 9.17) is 5.21 Å². The van der Waals surface area contributed by atoms with Gasteiger partial charge in [-0.1, -0.05) is 36.4 Å². The van der Waals surface area contributed by atoms with Gasteiger partial charge in [-0.2, -0.15) is 0 Å². The number of H-pyrrole nitrogens is 1. The largest absolute Gasteiger partial charge is 0.358 e. The first kappa shape index (κ1) is 19.4. The summed E-state index contributed by atoms with van der Waals surface area (Å²) in [4.78, 5) is 17.2. The van der Waals surface area contributed by atoms with Gasteiger partial charge in [-0.05, 0) is 67.1 Å². The number of nitrogens with one attached hydrogen (secondary N) is 2. The molecule has 1 aromatic heterocycles. The van der Waals surface area contributed by atoms with Gasteiger partial charge in [0.05, 0.1) is 0 Å². The number of aryl methyl sites for hydroxylation is 2. The second-order valence-corrected chi connectivity index (χ2v) is 7.74. The van der Waals surface area contributed by atoms with Gasteiger partial charge in [-0.15, -0.1) is 0 Å². The van der Waals surface area contributed by atoms with Crippen molar-refractivity contribution in [3.63, 3.8) is 0 Å². The van der Waals surface area contributed by atoms with Crippen molar-refractivity contribution in [3.05, 3.63) is 76.5 Å². The molecule has 0 saturated carbocycles. The summed E-state index contributed by atoms with van der Waals surface area (Å²) in [5, 5.41) is 9.94. The Hall–Kier alpha value is -2.89. The first-order chi connectivity index (χ1) is 14.1. The monoisotopic (exact) mass is 389 g/mol. The molecule has 2 aromatic carbocycles. The van der Waals surface area contributed by atoms with Crippen LogP contribution in [0.3, 0.4) is 0 Å². The van der Waals surface area contributed by atoms with Gasteiger partial charge in [0.1, 0.15) is 0 Å². The van der Waals surface area contributed by atoms with Gasteiger partial charge < -0.3 is 4.98 Å². The summed E-state index contributed by atoms with van der Waals surface area (Å²) in [6, 6.07) is 14.9. The Kier molecular flexibility index (Phi) is 5.79. The predicted molar refractivity (Wildman–Crippen MR) is 116 cm³/mol. The summed E-state index contributed by atoms with van der Waals surface area (Å²) < 4.78 is 0. The maximum atomic E-state index is 11.2. The van der Waals surface area contributed by atoms with Crippen LogP contribution in [-0.2, 0) is 24.2 Å². The Morgan fingerprint density at radius 3 is 2.97 bits per heavy atom. The van der Waals surface area contributed by atoms with Crippen molar-refractivity contribution < 1.29 is 10.0 Å². The van der Waals surface area contributed by atoms with E-state index in [1.165, 1.54) is 39.4 Å². The standard InChI is InChI=1S/C24H27N3O2/c1-17-21(22-6-2-3-7-23(22)25-17)12-14-27-13-4-5-19-15-18(8-10-20(19)16-27)9-11-24(28)26-29/h2-3,6-11,15,25,29H,4-5,12-14,16H2,1H3,(H,26,28)/b11-9+. The van der Waals surface area contributed by atoms with Crippen LogP contribution < -0.4 is 5.48 Å². The molecule has 0 radical (unpaired) electrons. The lowest BCUT2D eigenvalue weighted by Gasteiger charge is -2.20. The second-order valence-electron chi connectivity index (χ2n) is 7.74. The molecule has 1 aliphatic rings. The fourth-order valence-corrected chi connectivity index (χ4v) is 4.28. The number of fused-ring (bicyclic) bond motifs is 2. The van der Waals surface area contributed by atoms with Crippen LogP contribution in [0.1, 0.15) is 34.4 Å². The van der Waals surface area contributed by atoms with E-state index in [1.807, 2.05) is 6.07 Å². The van der Waals surface area contributed by atoms with Crippen molar-refractivity contribution >= 4 is 22.9 Å². The van der Waals surface area contributed by atoms with Gasteiger partial charge in [0.2, 0.25) is 0 Å². The molecule has 5 heteroatoms. The van der Waals surface area contributed by atoms with Crippen LogP contribution in [0, 0.1) is 6.92 Å². The Morgan fingerprint density at radius 2 is 2.10 bits per heavy atom. The molecule has 0 saturated heterocycles. The Balaban J connectivity index is 1.45. The SMILES string of the molecule is Cc1[nH]c2ccccc2c1CCN1CCCc2cc(/C=C/C(=O)NO)ccc2C1. The van der Waals surface area contributed by atoms with Gasteiger partial charge in [0, 0.05) is 35.8 Å². The molecular weight excluding hydrogens is 362 g/mol. The lowest BCUT2D eigenvalue weighted by molar-refractivity contribution is -0.124. The number of hydrogen-bond donors (Lipinski definition) is 3. The summed E-state index contributed by atoms with van der Waals surface area (Å²) in [6.07, 6.45) is 6.29. The van der Waals surface area contributed by atoms with E-state index in [0.29, 0.717) is 0 Å². The van der Waals surface area contributed by atoms with Crippen molar-refractivity contribution in [2.45, 2.75) is 32.7 Å². The van der Waals surface area contributed by atoms with Crippen molar-refractivity contribution in [2.75, 3.05) is 13.1 Å². The highest BCUT2D eigenvalue weighted by atomic mass is 16.5. The molecule has 0 fully saturated rings. The molecule has 1 aliphatic heterocycles. The number of carbonyl (C=O) groups is 1. The van der Waals surface area contributed by atoms with E-state index in [-0.39, 0.29) is 0 Å². The van der Waals surface area contributed by atoms with Crippen molar-refractivity contribution in [1.29, 1.82) is 0 Å². The van der Waals surface area contributed by atoms with E-state index < -0.39 is 5.91 Å². The summed E-state index contributed by atoms with van der Waals surface area (Å²) in [6.45, 7) is 5.26. The Morgan fingerprint density at radius 1 is 1.24 bits per heavy atom. The number of aromatic nitrogens is 1. The van der Waals surface area contributed by atoms with E-state index in [9.17, 15) is 4.79 Å².